The number of rotatable bonds is 21. The molecule has 0 aromatic heterocycles. The van der Waals surface area contributed by atoms with Crippen LogP contribution in [0.15, 0.2) is 30.3 Å². The lowest BCUT2D eigenvalue weighted by molar-refractivity contribution is -0.147. The molecular formula is C39H66N6O6. The van der Waals surface area contributed by atoms with Crippen LogP contribution in [0.1, 0.15) is 79.7 Å². The van der Waals surface area contributed by atoms with Gasteiger partial charge < -0.3 is 40.6 Å². The van der Waals surface area contributed by atoms with E-state index in [0.29, 0.717) is 19.4 Å². The molecule has 12 nitrogen and oxygen atoms in total. The van der Waals surface area contributed by atoms with Crippen molar-refractivity contribution in [2.45, 2.75) is 123 Å². The molecule has 2 rings (SSSR count). The standard InChI is InChI=1S/C39H66N6O6/c1-12-26(6)35(44(9)39(49)34(25(4)5)43-38(48)33(41-8)24(2)3)31(50-10)22-32(46)45-20-16-19-30(45)36(51-11)27(7)37(47)42-29(23-40)21-28-17-14-13-15-18-28/h13-15,17-18,23-27,29-31,33-36,40-41H,12,16,19-22H2,1-11H3,(H,42,47)(H,43,48). The number of carbonyl (C=O) groups excluding carboxylic acids is 4. The van der Waals surface area contributed by atoms with E-state index in [2.05, 4.69) is 16.0 Å². The first kappa shape index (κ1) is 43.8. The Balaban J connectivity index is 2.24. The summed E-state index contributed by atoms with van der Waals surface area (Å²) in [6.45, 7) is 14.1. The Morgan fingerprint density at radius 3 is 2.10 bits per heavy atom. The van der Waals surface area contributed by atoms with E-state index in [9.17, 15) is 19.2 Å². The van der Waals surface area contributed by atoms with Gasteiger partial charge in [-0.2, -0.15) is 0 Å². The Hall–Kier alpha value is -3.35. The third kappa shape index (κ3) is 11.8. The largest absolute Gasteiger partial charge is 0.379 e. The van der Waals surface area contributed by atoms with Crippen molar-refractivity contribution >= 4 is 29.8 Å². The number of amides is 4. The molecule has 0 saturated carbocycles. The summed E-state index contributed by atoms with van der Waals surface area (Å²) in [5.74, 6) is -1.55. The Morgan fingerprint density at radius 1 is 0.961 bits per heavy atom. The summed E-state index contributed by atoms with van der Waals surface area (Å²) in [4.78, 5) is 58.4. The van der Waals surface area contributed by atoms with Crippen LogP contribution < -0.4 is 16.0 Å². The molecule has 12 heteroatoms. The second kappa shape index (κ2) is 21.2. The monoisotopic (exact) mass is 715 g/mol. The minimum absolute atomic E-state index is 0.0107. The maximum absolute atomic E-state index is 14.1. The molecule has 0 bridgehead atoms. The van der Waals surface area contributed by atoms with Crippen molar-refractivity contribution in [1.29, 1.82) is 5.41 Å². The Morgan fingerprint density at radius 2 is 1.59 bits per heavy atom. The van der Waals surface area contributed by atoms with Gasteiger partial charge in [-0.05, 0) is 49.6 Å². The van der Waals surface area contributed by atoms with Crippen LogP contribution in [0.4, 0.5) is 0 Å². The fourth-order valence-corrected chi connectivity index (χ4v) is 7.38. The summed E-state index contributed by atoms with van der Waals surface area (Å²) in [6, 6.07) is 7.29. The summed E-state index contributed by atoms with van der Waals surface area (Å²) in [6.07, 6.45) is 2.81. The van der Waals surface area contributed by atoms with Gasteiger partial charge in [-0.3, -0.25) is 19.2 Å². The number of hydrogen-bond acceptors (Lipinski definition) is 8. The third-order valence-electron chi connectivity index (χ3n) is 10.6. The first-order chi connectivity index (χ1) is 24.2. The zero-order chi connectivity index (χ0) is 38.4. The molecule has 1 aliphatic rings. The lowest BCUT2D eigenvalue weighted by Gasteiger charge is -2.41. The lowest BCUT2D eigenvalue weighted by atomic mass is 9.89. The quantitative estimate of drug-likeness (QED) is 0.142. The molecule has 4 amide bonds. The highest BCUT2D eigenvalue weighted by atomic mass is 16.5. The normalized spacial score (nSPS) is 19.4. The van der Waals surface area contributed by atoms with E-state index in [1.807, 2.05) is 71.9 Å². The topological polar surface area (TPSA) is 153 Å². The van der Waals surface area contributed by atoms with Gasteiger partial charge in [0.05, 0.1) is 48.7 Å². The van der Waals surface area contributed by atoms with Crippen molar-refractivity contribution in [2.24, 2.45) is 23.7 Å². The van der Waals surface area contributed by atoms with Crippen LogP contribution in [-0.4, -0.2) is 117 Å². The van der Waals surface area contributed by atoms with E-state index in [-0.39, 0.29) is 53.8 Å². The molecule has 9 unspecified atom stereocenters. The number of ether oxygens (including phenoxy) is 2. The average Bonchev–Trinajstić information content (AvgIpc) is 3.59. The highest BCUT2D eigenvalue weighted by molar-refractivity contribution is 5.90. The first-order valence-corrected chi connectivity index (χ1v) is 18.6. The Kier molecular flexibility index (Phi) is 18.2. The molecule has 1 saturated heterocycles. The minimum atomic E-state index is -0.755. The van der Waals surface area contributed by atoms with Gasteiger partial charge in [0.25, 0.3) is 0 Å². The molecule has 288 valence electrons. The zero-order valence-corrected chi connectivity index (χ0v) is 32.9. The van der Waals surface area contributed by atoms with E-state index in [1.54, 1.807) is 45.0 Å². The van der Waals surface area contributed by atoms with Crippen molar-refractivity contribution in [1.82, 2.24) is 25.8 Å². The summed E-state index contributed by atoms with van der Waals surface area (Å²) < 4.78 is 11.9. The number of likely N-dealkylation sites (N-methyl/N-ethyl adjacent to an activating group) is 2. The number of benzene rings is 1. The molecular weight excluding hydrogens is 648 g/mol. The van der Waals surface area contributed by atoms with Crippen molar-refractivity contribution in [2.75, 3.05) is 34.9 Å². The second-order valence-corrected chi connectivity index (χ2v) is 14.8. The van der Waals surface area contributed by atoms with Crippen LogP contribution in [-0.2, 0) is 35.1 Å². The SMILES string of the molecule is CCC(C)C(C(CC(=O)N1CCCC1C(OC)C(C)C(=O)NC(C=N)Cc1ccccc1)OC)N(C)C(=O)C(NC(=O)C(NC)C(C)C)C(C)C. The molecule has 1 aromatic carbocycles. The minimum Gasteiger partial charge on any atom is -0.379 e. The molecule has 1 aromatic rings. The van der Waals surface area contributed by atoms with E-state index in [0.717, 1.165) is 18.4 Å². The van der Waals surface area contributed by atoms with Crippen LogP contribution in [0.3, 0.4) is 0 Å². The zero-order valence-electron chi connectivity index (χ0n) is 32.9. The number of carbonyl (C=O) groups is 4. The van der Waals surface area contributed by atoms with Crippen molar-refractivity contribution in [3.8, 4) is 0 Å². The van der Waals surface area contributed by atoms with Crippen LogP contribution in [0.2, 0.25) is 0 Å². The van der Waals surface area contributed by atoms with Gasteiger partial charge in [-0.25, -0.2) is 0 Å². The highest BCUT2D eigenvalue weighted by Crippen LogP contribution is 2.29. The molecule has 0 aliphatic carbocycles. The number of likely N-dealkylation sites (tertiary alicyclic amines) is 1. The Bertz CT molecular complexity index is 1260. The van der Waals surface area contributed by atoms with E-state index < -0.39 is 42.3 Å². The predicted molar refractivity (Wildman–Crippen MR) is 201 cm³/mol. The highest BCUT2D eigenvalue weighted by Gasteiger charge is 2.43. The Labute approximate surface area is 306 Å². The van der Waals surface area contributed by atoms with E-state index in [1.165, 1.54) is 6.21 Å². The van der Waals surface area contributed by atoms with Gasteiger partial charge in [-0.1, -0.05) is 85.2 Å². The molecule has 9 atom stereocenters. The summed E-state index contributed by atoms with van der Waals surface area (Å²) in [7, 11) is 6.59. The maximum atomic E-state index is 14.1. The fourth-order valence-electron chi connectivity index (χ4n) is 7.38. The molecule has 0 radical (unpaired) electrons. The number of methoxy groups -OCH3 is 2. The molecule has 0 spiro atoms. The summed E-state index contributed by atoms with van der Waals surface area (Å²) in [5, 5.41) is 16.9. The van der Waals surface area contributed by atoms with Crippen LogP contribution in [0, 0.1) is 29.1 Å². The molecule has 51 heavy (non-hydrogen) atoms. The van der Waals surface area contributed by atoms with Gasteiger partial charge in [-0.15, -0.1) is 0 Å². The lowest BCUT2D eigenvalue weighted by Crippen LogP contribution is -2.59. The van der Waals surface area contributed by atoms with Gasteiger partial charge in [0.2, 0.25) is 23.6 Å². The molecule has 1 fully saturated rings. The van der Waals surface area contributed by atoms with Gasteiger partial charge in [0, 0.05) is 34.0 Å². The number of hydrogen-bond donors (Lipinski definition) is 4. The first-order valence-electron chi connectivity index (χ1n) is 18.6. The van der Waals surface area contributed by atoms with Gasteiger partial charge >= 0.3 is 0 Å². The smallest absolute Gasteiger partial charge is 0.245 e. The van der Waals surface area contributed by atoms with Gasteiger partial charge in [0.15, 0.2) is 0 Å². The maximum Gasteiger partial charge on any atom is 0.245 e. The van der Waals surface area contributed by atoms with E-state index >= 15 is 0 Å². The summed E-state index contributed by atoms with van der Waals surface area (Å²) in [5.41, 5.74) is 1.02. The van der Waals surface area contributed by atoms with Crippen LogP contribution in [0.5, 0.6) is 0 Å². The average molecular weight is 715 g/mol. The predicted octanol–water partition coefficient (Wildman–Crippen LogP) is 3.67. The van der Waals surface area contributed by atoms with Crippen molar-refractivity contribution in [3.63, 3.8) is 0 Å². The fraction of sp³-hybridized carbons (Fsp3) is 0.718. The van der Waals surface area contributed by atoms with Crippen molar-refractivity contribution in [3.05, 3.63) is 35.9 Å². The summed E-state index contributed by atoms with van der Waals surface area (Å²) >= 11 is 0. The molecule has 1 heterocycles. The van der Waals surface area contributed by atoms with Crippen molar-refractivity contribution < 1.29 is 28.7 Å². The second-order valence-electron chi connectivity index (χ2n) is 14.8. The number of nitrogens with zero attached hydrogens (tertiary/aromatic N) is 2. The van der Waals surface area contributed by atoms with Crippen LogP contribution in [0.25, 0.3) is 0 Å². The van der Waals surface area contributed by atoms with Gasteiger partial charge in [0.1, 0.15) is 6.04 Å². The van der Waals surface area contributed by atoms with E-state index in [4.69, 9.17) is 14.9 Å². The molecule has 4 N–H and O–H groups in total. The number of nitrogens with one attached hydrogen (secondary N) is 4. The third-order valence-corrected chi connectivity index (χ3v) is 10.6. The molecule has 1 aliphatic heterocycles. The van der Waals surface area contributed by atoms with Crippen LogP contribution >= 0.6 is 0 Å².